The Balaban J connectivity index is 2.53. The quantitative estimate of drug-likeness (QED) is 0.533. The molecule has 2 aromatic carbocycles. The third kappa shape index (κ3) is 2.23. The molecule has 110 valence electrons. The Morgan fingerprint density at radius 1 is 0.857 bits per heavy atom. The van der Waals surface area contributed by atoms with Crippen LogP contribution in [0.3, 0.4) is 0 Å². The van der Waals surface area contributed by atoms with Crippen LogP contribution in [0.1, 0.15) is 41.5 Å². The van der Waals surface area contributed by atoms with E-state index in [4.69, 9.17) is 0 Å². The van der Waals surface area contributed by atoms with Gasteiger partial charge in [0.25, 0.3) is 0 Å². The predicted molar refractivity (Wildman–Crippen MR) is 89.6 cm³/mol. The minimum absolute atomic E-state index is 0.0544. The summed E-state index contributed by atoms with van der Waals surface area (Å²) in [6.45, 7) is 13.6. The minimum atomic E-state index is 0.0544. The molecule has 0 unspecified atom stereocenters. The maximum Gasteiger partial charge on any atom is 0.245 e. The van der Waals surface area contributed by atoms with Crippen LogP contribution in [-0.4, -0.2) is 4.57 Å². The summed E-state index contributed by atoms with van der Waals surface area (Å²) < 4.78 is 4.80. The van der Waals surface area contributed by atoms with Crippen molar-refractivity contribution in [3.8, 4) is 0 Å². The van der Waals surface area contributed by atoms with Gasteiger partial charge in [0.1, 0.15) is 11.1 Å². The molecular weight excluding hydrogens is 256 g/mol. The van der Waals surface area contributed by atoms with E-state index >= 15 is 0 Å². The molecule has 0 aliphatic heterocycles. The van der Waals surface area contributed by atoms with Crippen molar-refractivity contribution in [2.75, 3.05) is 0 Å². The molecule has 3 aromatic rings. The van der Waals surface area contributed by atoms with Gasteiger partial charge in [-0.2, -0.15) is 0 Å². The maximum absolute atomic E-state index is 2.41. The number of fused-ring (bicyclic) bond motifs is 3. The van der Waals surface area contributed by atoms with E-state index in [1.807, 2.05) is 0 Å². The Kier molecular flexibility index (Phi) is 2.91. The molecule has 21 heavy (non-hydrogen) atoms. The summed E-state index contributed by atoms with van der Waals surface area (Å²) in [5.74, 6) is 0. The molecule has 2 nitrogen and oxygen atoms in total. The fraction of sp³-hybridized carbons (Fsp3) is 0.421. The zero-order valence-corrected chi connectivity index (χ0v) is 13.9. The lowest BCUT2D eigenvalue weighted by molar-refractivity contribution is -0.731. The van der Waals surface area contributed by atoms with Crippen molar-refractivity contribution >= 4 is 21.8 Å². The fourth-order valence-corrected chi connectivity index (χ4v) is 2.97. The highest BCUT2D eigenvalue weighted by molar-refractivity contribution is 6.03. The summed E-state index contributed by atoms with van der Waals surface area (Å²) in [5, 5.41) is 2.63. The lowest BCUT2D eigenvalue weighted by Gasteiger charge is -2.17. The van der Waals surface area contributed by atoms with Crippen LogP contribution in [0.4, 0.5) is 0 Å². The highest BCUT2D eigenvalue weighted by Crippen LogP contribution is 2.29. The van der Waals surface area contributed by atoms with Crippen molar-refractivity contribution in [2.45, 2.75) is 52.6 Å². The van der Waals surface area contributed by atoms with Crippen molar-refractivity contribution in [2.24, 2.45) is 0 Å². The number of rotatable bonds is 0. The first-order valence-corrected chi connectivity index (χ1v) is 7.65. The summed E-state index contributed by atoms with van der Waals surface area (Å²) in [5.41, 5.74) is 2.75. The molecule has 0 aliphatic rings. The molecule has 0 amide bonds. The lowest BCUT2D eigenvalue weighted by atomic mass is 10.0. The molecule has 0 aliphatic carbocycles. The first-order chi connectivity index (χ1) is 9.69. The first kappa shape index (κ1) is 14.1. The molecule has 0 fully saturated rings. The monoisotopic (exact) mass is 281 g/mol. The lowest BCUT2D eigenvalue weighted by Crippen LogP contribution is -2.49. The number of nitrogens with zero attached hydrogens (tertiary/aromatic N) is 2. The third-order valence-corrected chi connectivity index (χ3v) is 4.06. The van der Waals surface area contributed by atoms with E-state index in [-0.39, 0.29) is 11.1 Å². The number of benzene rings is 2. The van der Waals surface area contributed by atoms with Crippen LogP contribution in [-0.2, 0) is 11.1 Å². The minimum Gasteiger partial charge on any atom is -0.225 e. The van der Waals surface area contributed by atoms with E-state index in [1.54, 1.807) is 0 Å². The number of aromatic nitrogens is 2. The van der Waals surface area contributed by atoms with E-state index in [9.17, 15) is 0 Å². The number of hydrogen-bond donors (Lipinski definition) is 0. The average Bonchev–Trinajstić information content (AvgIpc) is 2.78. The largest absolute Gasteiger partial charge is 0.245 e. The second-order valence-electron chi connectivity index (χ2n) is 7.85. The Morgan fingerprint density at radius 3 is 2.14 bits per heavy atom. The zero-order chi connectivity index (χ0) is 15.4. The molecule has 0 radical (unpaired) electrons. The van der Waals surface area contributed by atoms with Gasteiger partial charge in [-0.15, -0.1) is 0 Å². The Hall–Kier alpha value is -1.83. The second-order valence-corrected chi connectivity index (χ2v) is 7.85. The molecule has 0 spiro atoms. The molecule has 3 rings (SSSR count). The van der Waals surface area contributed by atoms with Gasteiger partial charge in [0, 0.05) is 5.39 Å². The smallest absolute Gasteiger partial charge is 0.225 e. The van der Waals surface area contributed by atoms with E-state index < -0.39 is 0 Å². The van der Waals surface area contributed by atoms with Gasteiger partial charge in [-0.3, -0.25) is 0 Å². The normalized spacial score (nSPS) is 13.2. The van der Waals surface area contributed by atoms with E-state index in [0.717, 1.165) is 0 Å². The van der Waals surface area contributed by atoms with Gasteiger partial charge in [0.05, 0.1) is 0 Å². The highest BCUT2D eigenvalue weighted by atomic mass is 15.2. The average molecular weight is 281 g/mol. The highest BCUT2D eigenvalue weighted by Gasteiger charge is 2.31. The van der Waals surface area contributed by atoms with E-state index in [0.29, 0.717) is 0 Å². The predicted octanol–water partition coefficient (Wildman–Crippen LogP) is 4.59. The molecule has 0 saturated carbocycles. The summed E-state index contributed by atoms with van der Waals surface area (Å²) in [6.07, 6.45) is 2.27. The van der Waals surface area contributed by atoms with Gasteiger partial charge in [0.15, 0.2) is 11.0 Å². The summed E-state index contributed by atoms with van der Waals surface area (Å²) in [4.78, 5) is 0. The van der Waals surface area contributed by atoms with Crippen LogP contribution >= 0.6 is 0 Å². The summed E-state index contributed by atoms with van der Waals surface area (Å²) in [6, 6.07) is 13.1. The van der Waals surface area contributed by atoms with Gasteiger partial charge in [0.2, 0.25) is 6.33 Å². The third-order valence-electron chi connectivity index (χ3n) is 4.06. The van der Waals surface area contributed by atoms with Crippen LogP contribution in [0.15, 0.2) is 42.7 Å². The maximum atomic E-state index is 2.41. The van der Waals surface area contributed by atoms with E-state index in [1.165, 1.54) is 21.8 Å². The number of hydrogen-bond acceptors (Lipinski definition) is 0. The van der Waals surface area contributed by atoms with Crippen LogP contribution in [0.2, 0.25) is 0 Å². The van der Waals surface area contributed by atoms with Crippen LogP contribution in [0.25, 0.3) is 21.8 Å². The molecule has 2 heteroatoms. The van der Waals surface area contributed by atoms with Gasteiger partial charge in [-0.1, -0.05) is 18.2 Å². The molecule has 1 heterocycles. The van der Waals surface area contributed by atoms with Gasteiger partial charge in [-0.05, 0) is 65.1 Å². The SMILES string of the molecule is CC(C)(C)n1c[n+](C(C)(C)C)c2ccc3ccccc3c21. The molecule has 0 bridgehead atoms. The first-order valence-electron chi connectivity index (χ1n) is 7.65. The van der Waals surface area contributed by atoms with Gasteiger partial charge >= 0.3 is 0 Å². The summed E-state index contributed by atoms with van der Waals surface area (Å²) >= 11 is 0. The molecule has 0 saturated heterocycles. The van der Waals surface area contributed by atoms with Crippen molar-refractivity contribution in [3.05, 3.63) is 42.7 Å². The zero-order valence-electron chi connectivity index (χ0n) is 13.9. The number of imidazole rings is 1. The molecule has 0 N–H and O–H groups in total. The second kappa shape index (κ2) is 4.33. The Bertz CT molecular complexity index is 811. The Labute approximate surface area is 127 Å². The topological polar surface area (TPSA) is 8.81 Å². The standard InChI is InChI=1S/C19H25N2/c1-18(2,3)20-13-21(19(4,5)6)17-15-10-8-7-9-14(15)11-12-16(17)20/h7-13H,1-6H3/q+1. The van der Waals surface area contributed by atoms with Crippen molar-refractivity contribution in [1.29, 1.82) is 0 Å². The van der Waals surface area contributed by atoms with Crippen molar-refractivity contribution < 1.29 is 4.57 Å². The summed E-state index contributed by atoms with van der Waals surface area (Å²) in [7, 11) is 0. The molecular formula is C19H25N2+. The fourth-order valence-electron chi connectivity index (χ4n) is 2.97. The Morgan fingerprint density at radius 2 is 1.52 bits per heavy atom. The van der Waals surface area contributed by atoms with Crippen LogP contribution in [0.5, 0.6) is 0 Å². The van der Waals surface area contributed by atoms with E-state index in [2.05, 4.69) is 93.4 Å². The van der Waals surface area contributed by atoms with Gasteiger partial charge in [-0.25, -0.2) is 9.13 Å². The van der Waals surface area contributed by atoms with Crippen LogP contribution < -0.4 is 4.57 Å². The van der Waals surface area contributed by atoms with Crippen LogP contribution in [0, 0.1) is 0 Å². The van der Waals surface area contributed by atoms with Gasteiger partial charge < -0.3 is 0 Å². The van der Waals surface area contributed by atoms with Crippen molar-refractivity contribution in [1.82, 2.24) is 4.57 Å². The molecule has 0 atom stereocenters. The van der Waals surface area contributed by atoms with Crippen molar-refractivity contribution in [3.63, 3.8) is 0 Å². The molecule has 1 aromatic heterocycles.